The number of rotatable bonds is 4. The molecule has 0 bridgehead atoms. The maximum absolute atomic E-state index is 12.0. The van der Waals surface area contributed by atoms with Crippen LogP contribution in [0.1, 0.15) is 5.56 Å². The molecule has 3 aromatic rings. The third kappa shape index (κ3) is 3.75. The molecule has 6 nitrogen and oxygen atoms in total. The van der Waals surface area contributed by atoms with Crippen molar-refractivity contribution in [2.45, 2.75) is 6.54 Å². The lowest BCUT2D eigenvalue weighted by molar-refractivity contribution is 0.250. The number of anilines is 1. The summed E-state index contributed by atoms with van der Waals surface area (Å²) in [6.45, 7) is 4.31. The molecule has 0 spiro atoms. The van der Waals surface area contributed by atoms with Crippen LogP contribution < -0.4 is 15.3 Å². The quantitative estimate of drug-likeness (QED) is 0.717. The van der Waals surface area contributed by atoms with Crippen LogP contribution in [-0.4, -0.2) is 43.3 Å². The number of methoxy groups -OCH3 is 1. The van der Waals surface area contributed by atoms with Gasteiger partial charge in [0, 0.05) is 55.9 Å². The minimum Gasteiger partial charge on any atom is -0.508 e. The predicted octanol–water partition coefficient (Wildman–Crippen LogP) is 2.83. The zero-order valence-electron chi connectivity index (χ0n) is 15.2. The molecule has 1 N–H and O–H groups in total. The molecule has 0 saturated carbocycles. The molecule has 1 saturated heterocycles. The first kappa shape index (κ1) is 17.4. The van der Waals surface area contributed by atoms with Gasteiger partial charge in [-0.1, -0.05) is 0 Å². The van der Waals surface area contributed by atoms with Crippen LogP contribution in [0.25, 0.3) is 11.0 Å². The fourth-order valence-corrected chi connectivity index (χ4v) is 3.54. The molecular weight excluding hydrogens is 344 g/mol. The zero-order valence-corrected chi connectivity index (χ0v) is 15.2. The highest BCUT2D eigenvalue weighted by Crippen LogP contribution is 2.24. The van der Waals surface area contributed by atoms with Crippen LogP contribution in [0.2, 0.25) is 0 Å². The van der Waals surface area contributed by atoms with Crippen LogP contribution in [0.5, 0.6) is 11.5 Å². The second-order valence-corrected chi connectivity index (χ2v) is 6.73. The van der Waals surface area contributed by atoms with Crippen LogP contribution in [0.3, 0.4) is 0 Å². The number of piperazine rings is 1. The number of fused-ring (bicyclic) bond motifs is 1. The third-order valence-electron chi connectivity index (χ3n) is 5.02. The smallest absolute Gasteiger partial charge is 0.336 e. The van der Waals surface area contributed by atoms with E-state index in [0.717, 1.165) is 42.8 Å². The van der Waals surface area contributed by atoms with E-state index in [1.807, 2.05) is 24.3 Å². The molecule has 6 heteroatoms. The number of phenolic OH excluding ortho intramolecular Hbond substituents is 1. The zero-order chi connectivity index (χ0) is 18.8. The van der Waals surface area contributed by atoms with Crippen LogP contribution >= 0.6 is 0 Å². The van der Waals surface area contributed by atoms with Crippen molar-refractivity contribution in [1.82, 2.24) is 4.90 Å². The van der Waals surface area contributed by atoms with Gasteiger partial charge in [-0.2, -0.15) is 0 Å². The van der Waals surface area contributed by atoms with E-state index in [1.165, 1.54) is 0 Å². The first-order valence-electron chi connectivity index (χ1n) is 8.99. The summed E-state index contributed by atoms with van der Waals surface area (Å²) in [5.41, 5.74) is 2.31. The van der Waals surface area contributed by atoms with E-state index in [1.54, 1.807) is 31.4 Å². The minimum atomic E-state index is -0.339. The van der Waals surface area contributed by atoms with Gasteiger partial charge in [-0.15, -0.1) is 0 Å². The number of ether oxygens (including phenoxy) is 1. The number of hydrogen-bond acceptors (Lipinski definition) is 6. The Bertz CT molecular complexity index is 989. The summed E-state index contributed by atoms with van der Waals surface area (Å²) < 4.78 is 10.6. The normalized spacial score (nSPS) is 15.2. The Hall–Kier alpha value is -2.99. The highest BCUT2D eigenvalue weighted by molar-refractivity contribution is 5.81. The molecule has 4 rings (SSSR count). The standard InChI is InChI=1S/C21H22N2O4/c1-26-18-6-7-19-15(12-21(25)27-20(19)13-18)14-22-8-10-23(11-9-22)16-2-4-17(24)5-3-16/h2-7,12-13,24H,8-11,14H2,1H3. The van der Waals surface area contributed by atoms with Gasteiger partial charge in [0.05, 0.1) is 7.11 Å². The molecule has 1 fully saturated rings. The van der Waals surface area contributed by atoms with Crippen molar-refractivity contribution in [2.24, 2.45) is 0 Å². The molecule has 0 unspecified atom stereocenters. The van der Waals surface area contributed by atoms with Gasteiger partial charge in [0.25, 0.3) is 0 Å². The van der Waals surface area contributed by atoms with Crippen molar-refractivity contribution in [1.29, 1.82) is 0 Å². The van der Waals surface area contributed by atoms with Crippen LogP contribution in [-0.2, 0) is 6.54 Å². The maximum atomic E-state index is 12.0. The van der Waals surface area contributed by atoms with E-state index in [4.69, 9.17) is 9.15 Å². The second-order valence-electron chi connectivity index (χ2n) is 6.73. The van der Waals surface area contributed by atoms with Crippen molar-refractivity contribution in [3.05, 3.63) is 64.5 Å². The number of aromatic hydroxyl groups is 1. The largest absolute Gasteiger partial charge is 0.508 e. The Morgan fingerprint density at radius 3 is 2.48 bits per heavy atom. The van der Waals surface area contributed by atoms with E-state index in [9.17, 15) is 9.90 Å². The lowest BCUT2D eigenvalue weighted by Gasteiger charge is -2.36. The Balaban J connectivity index is 1.49. The predicted molar refractivity (Wildman–Crippen MR) is 105 cm³/mol. The Labute approximate surface area is 157 Å². The molecule has 27 heavy (non-hydrogen) atoms. The van der Waals surface area contributed by atoms with Crippen molar-refractivity contribution >= 4 is 16.7 Å². The summed E-state index contributed by atoms with van der Waals surface area (Å²) in [5, 5.41) is 10.4. The second kappa shape index (κ2) is 7.32. The van der Waals surface area contributed by atoms with Crippen molar-refractivity contribution in [3.63, 3.8) is 0 Å². The highest BCUT2D eigenvalue weighted by Gasteiger charge is 2.19. The van der Waals surface area contributed by atoms with Gasteiger partial charge in [-0.05, 0) is 42.0 Å². The summed E-state index contributed by atoms with van der Waals surface area (Å²) >= 11 is 0. The maximum Gasteiger partial charge on any atom is 0.336 e. The number of phenols is 1. The van der Waals surface area contributed by atoms with Crippen LogP contribution in [0.15, 0.2) is 57.7 Å². The summed E-state index contributed by atoms with van der Waals surface area (Å²) in [6.07, 6.45) is 0. The molecule has 0 amide bonds. The summed E-state index contributed by atoms with van der Waals surface area (Å²) in [4.78, 5) is 16.6. The van der Waals surface area contributed by atoms with Gasteiger partial charge in [0.1, 0.15) is 17.1 Å². The average molecular weight is 366 g/mol. The number of nitrogens with zero attached hydrogens (tertiary/aromatic N) is 2. The molecule has 2 aromatic carbocycles. The fraction of sp³-hybridized carbons (Fsp3) is 0.286. The van der Waals surface area contributed by atoms with E-state index in [0.29, 0.717) is 17.9 Å². The van der Waals surface area contributed by atoms with Crippen molar-refractivity contribution in [2.75, 3.05) is 38.2 Å². The fourth-order valence-electron chi connectivity index (χ4n) is 3.54. The lowest BCUT2D eigenvalue weighted by Crippen LogP contribution is -2.46. The van der Waals surface area contributed by atoms with Gasteiger partial charge in [0.15, 0.2) is 0 Å². The first-order chi connectivity index (χ1) is 13.1. The van der Waals surface area contributed by atoms with E-state index < -0.39 is 0 Å². The van der Waals surface area contributed by atoms with Crippen molar-refractivity contribution < 1.29 is 14.3 Å². The Morgan fingerprint density at radius 2 is 1.78 bits per heavy atom. The summed E-state index contributed by atoms with van der Waals surface area (Å²) in [6, 6.07) is 14.5. The molecule has 0 radical (unpaired) electrons. The topological polar surface area (TPSA) is 66.2 Å². The average Bonchev–Trinajstić information content (AvgIpc) is 2.68. The summed E-state index contributed by atoms with van der Waals surface area (Å²) in [7, 11) is 1.59. The first-order valence-corrected chi connectivity index (χ1v) is 8.99. The molecule has 1 aromatic heterocycles. The third-order valence-corrected chi connectivity index (χ3v) is 5.02. The number of hydrogen-bond donors (Lipinski definition) is 1. The molecular formula is C21H22N2O4. The number of benzene rings is 2. The minimum absolute atomic E-state index is 0.281. The van der Waals surface area contributed by atoms with Gasteiger partial charge in [-0.3, -0.25) is 4.90 Å². The monoisotopic (exact) mass is 366 g/mol. The van der Waals surface area contributed by atoms with E-state index in [-0.39, 0.29) is 11.4 Å². The highest BCUT2D eigenvalue weighted by atomic mass is 16.5. The molecule has 1 aliphatic heterocycles. The SMILES string of the molecule is COc1ccc2c(CN3CCN(c4ccc(O)cc4)CC3)cc(=O)oc2c1. The molecule has 0 aliphatic carbocycles. The lowest BCUT2D eigenvalue weighted by atomic mass is 10.1. The van der Waals surface area contributed by atoms with Crippen LogP contribution in [0.4, 0.5) is 5.69 Å². The van der Waals surface area contributed by atoms with Crippen molar-refractivity contribution in [3.8, 4) is 11.5 Å². The van der Waals surface area contributed by atoms with Crippen LogP contribution in [0, 0.1) is 0 Å². The molecule has 0 atom stereocenters. The molecule has 2 heterocycles. The van der Waals surface area contributed by atoms with Gasteiger partial charge < -0.3 is 19.2 Å². The molecule has 140 valence electrons. The van der Waals surface area contributed by atoms with E-state index in [2.05, 4.69) is 9.80 Å². The van der Waals surface area contributed by atoms with E-state index >= 15 is 0 Å². The molecule has 1 aliphatic rings. The van der Waals surface area contributed by atoms with Gasteiger partial charge in [-0.25, -0.2) is 4.79 Å². The Morgan fingerprint density at radius 1 is 1.04 bits per heavy atom. The Kier molecular flexibility index (Phi) is 4.73. The summed E-state index contributed by atoms with van der Waals surface area (Å²) in [5.74, 6) is 0.953. The van der Waals surface area contributed by atoms with Gasteiger partial charge >= 0.3 is 5.63 Å². The van der Waals surface area contributed by atoms with Gasteiger partial charge in [0.2, 0.25) is 0 Å².